The maximum Gasteiger partial charge on any atom is 0.0570 e. The van der Waals surface area contributed by atoms with E-state index in [1.54, 1.807) is 0 Å². The van der Waals surface area contributed by atoms with Crippen LogP contribution < -0.4 is 0 Å². The van der Waals surface area contributed by atoms with Crippen molar-refractivity contribution in [3.05, 3.63) is 41.5 Å². The van der Waals surface area contributed by atoms with Gasteiger partial charge in [-0.3, -0.25) is 4.21 Å². The minimum atomic E-state index is -0.893. The van der Waals surface area contributed by atoms with Gasteiger partial charge in [0, 0.05) is 10.6 Å². The molecule has 0 aromatic heterocycles. The topological polar surface area (TPSA) is 17.1 Å². The number of allylic oxidation sites excluding steroid dienone is 1. The molecule has 1 nitrogen and oxygen atoms in total. The molecule has 0 fully saturated rings. The molecule has 0 saturated carbocycles. The molecule has 0 saturated heterocycles. The molecule has 94 valence electrons. The Labute approximate surface area is 107 Å². The molecule has 0 N–H and O–H groups in total. The first kappa shape index (κ1) is 14.2. The van der Waals surface area contributed by atoms with Gasteiger partial charge in [0.1, 0.15) is 0 Å². The maximum absolute atomic E-state index is 12.2. The molecule has 1 aromatic rings. The Bertz CT molecular complexity index is 390. The van der Waals surface area contributed by atoms with Crippen LogP contribution in [0.15, 0.2) is 40.8 Å². The Morgan fingerprint density at radius 1 is 1.29 bits per heavy atom. The predicted molar refractivity (Wildman–Crippen MR) is 75.7 cm³/mol. The lowest BCUT2D eigenvalue weighted by Gasteiger charge is -2.07. The molecule has 0 radical (unpaired) electrons. The van der Waals surface area contributed by atoms with Gasteiger partial charge in [-0.1, -0.05) is 42.7 Å². The first-order valence-corrected chi connectivity index (χ1v) is 7.58. The van der Waals surface area contributed by atoms with E-state index < -0.39 is 10.8 Å². The highest BCUT2D eigenvalue weighted by molar-refractivity contribution is 7.85. The van der Waals surface area contributed by atoms with Crippen molar-refractivity contribution in [3.63, 3.8) is 0 Å². The molecule has 1 aromatic carbocycles. The van der Waals surface area contributed by atoms with Gasteiger partial charge in [-0.15, -0.1) is 0 Å². The van der Waals surface area contributed by atoms with E-state index in [-0.39, 0.29) is 0 Å². The van der Waals surface area contributed by atoms with Crippen molar-refractivity contribution in [1.29, 1.82) is 0 Å². The monoisotopic (exact) mass is 250 g/mol. The highest BCUT2D eigenvalue weighted by Crippen LogP contribution is 2.14. The van der Waals surface area contributed by atoms with Gasteiger partial charge >= 0.3 is 0 Å². The lowest BCUT2D eigenvalue weighted by Crippen LogP contribution is -2.01. The number of benzene rings is 1. The second kappa shape index (κ2) is 7.44. The van der Waals surface area contributed by atoms with Crippen molar-refractivity contribution < 1.29 is 4.21 Å². The molecule has 0 heterocycles. The van der Waals surface area contributed by atoms with Gasteiger partial charge in [-0.2, -0.15) is 0 Å². The van der Waals surface area contributed by atoms with E-state index in [4.69, 9.17) is 0 Å². The summed E-state index contributed by atoms with van der Waals surface area (Å²) in [6, 6.07) is 7.99. The van der Waals surface area contributed by atoms with Crippen LogP contribution in [0.25, 0.3) is 0 Å². The fourth-order valence-electron chi connectivity index (χ4n) is 1.65. The summed E-state index contributed by atoms with van der Waals surface area (Å²) in [5, 5.41) is 0. The summed E-state index contributed by atoms with van der Waals surface area (Å²) in [6.07, 6.45) is 5.56. The number of unbranched alkanes of at least 4 members (excludes halogenated alkanes) is 1. The Kier molecular flexibility index (Phi) is 6.20. The summed E-state index contributed by atoms with van der Waals surface area (Å²) in [5.74, 6) is 0.680. The van der Waals surface area contributed by atoms with Gasteiger partial charge in [-0.05, 0) is 38.8 Å². The minimum Gasteiger partial charge on any atom is -0.254 e. The van der Waals surface area contributed by atoms with Crippen molar-refractivity contribution in [1.82, 2.24) is 0 Å². The van der Waals surface area contributed by atoms with Crippen LogP contribution in [0, 0.1) is 6.92 Å². The summed E-state index contributed by atoms with van der Waals surface area (Å²) < 4.78 is 12.2. The largest absolute Gasteiger partial charge is 0.254 e. The van der Waals surface area contributed by atoms with Gasteiger partial charge in [0.2, 0.25) is 0 Å². The van der Waals surface area contributed by atoms with Crippen LogP contribution in [-0.4, -0.2) is 9.96 Å². The second-order valence-electron chi connectivity index (χ2n) is 4.35. The first-order chi connectivity index (χ1) is 8.17. The summed E-state index contributed by atoms with van der Waals surface area (Å²) in [5.41, 5.74) is 2.52. The Hall–Kier alpha value is -0.890. The SMILES string of the molecule is C/C=C(\CCCC)C[S@@](=O)c1ccc(C)cc1. The van der Waals surface area contributed by atoms with Crippen molar-refractivity contribution in [2.45, 2.75) is 44.9 Å². The zero-order valence-corrected chi connectivity index (χ0v) is 11.8. The van der Waals surface area contributed by atoms with Gasteiger partial charge in [0.25, 0.3) is 0 Å². The van der Waals surface area contributed by atoms with E-state index in [1.807, 2.05) is 38.1 Å². The van der Waals surface area contributed by atoms with E-state index in [0.717, 1.165) is 11.3 Å². The minimum absolute atomic E-state index is 0.680. The van der Waals surface area contributed by atoms with Crippen molar-refractivity contribution >= 4 is 10.8 Å². The molecule has 1 rings (SSSR count). The average molecular weight is 250 g/mol. The Morgan fingerprint density at radius 3 is 2.47 bits per heavy atom. The van der Waals surface area contributed by atoms with Crippen LogP contribution in [0.5, 0.6) is 0 Å². The fourth-order valence-corrected chi connectivity index (χ4v) is 2.90. The number of aryl methyl sites for hydroxylation is 1. The lowest BCUT2D eigenvalue weighted by atomic mass is 10.1. The quantitative estimate of drug-likeness (QED) is 0.690. The van der Waals surface area contributed by atoms with E-state index >= 15 is 0 Å². The van der Waals surface area contributed by atoms with Crippen LogP contribution in [0.3, 0.4) is 0 Å². The molecule has 0 aliphatic heterocycles. The second-order valence-corrected chi connectivity index (χ2v) is 5.80. The van der Waals surface area contributed by atoms with E-state index in [0.29, 0.717) is 5.75 Å². The molecule has 0 spiro atoms. The average Bonchev–Trinajstić information content (AvgIpc) is 2.35. The lowest BCUT2D eigenvalue weighted by molar-refractivity contribution is 0.683. The standard InChI is InChI=1S/C15H22OS/c1-4-6-7-14(5-2)12-17(16)15-10-8-13(3)9-11-15/h5,8-11H,4,6-7,12H2,1-3H3/b14-5+/t17-/m1/s1. The van der Waals surface area contributed by atoms with Crippen LogP contribution in [0.2, 0.25) is 0 Å². The van der Waals surface area contributed by atoms with Gasteiger partial charge in [0.05, 0.1) is 10.8 Å². The molecule has 0 bridgehead atoms. The van der Waals surface area contributed by atoms with Crippen molar-refractivity contribution in [3.8, 4) is 0 Å². The predicted octanol–water partition coefficient (Wildman–Crippen LogP) is 4.24. The van der Waals surface area contributed by atoms with Gasteiger partial charge in [-0.25, -0.2) is 0 Å². The summed E-state index contributed by atoms with van der Waals surface area (Å²) in [7, 11) is -0.893. The maximum atomic E-state index is 12.2. The molecule has 0 unspecified atom stereocenters. The fraction of sp³-hybridized carbons (Fsp3) is 0.467. The Morgan fingerprint density at radius 2 is 1.94 bits per heavy atom. The number of hydrogen-bond donors (Lipinski definition) is 0. The van der Waals surface area contributed by atoms with Crippen LogP contribution in [0.1, 0.15) is 38.7 Å². The van der Waals surface area contributed by atoms with Crippen LogP contribution >= 0.6 is 0 Å². The first-order valence-electron chi connectivity index (χ1n) is 6.26. The molecule has 1 atom stereocenters. The highest BCUT2D eigenvalue weighted by Gasteiger charge is 2.06. The zero-order chi connectivity index (χ0) is 12.7. The van der Waals surface area contributed by atoms with Crippen LogP contribution in [-0.2, 0) is 10.8 Å². The third-order valence-electron chi connectivity index (χ3n) is 2.86. The molecule has 0 aliphatic carbocycles. The van der Waals surface area contributed by atoms with E-state index in [9.17, 15) is 4.21 Å². The summed E-state index contributed by atoms with van der Waals surface area (Å²) in [6.45, 7) is 6.27. The van der Waals surface area contributed by atoms with E-state index in [1.165, 1.54) is 24.0 Å². The molecule has 0 amide bonds. The zero-order valence-electron chi connectivity index (χ0n) is 11.0. The third kappa shape index (κ3) is 4.86. The smallest absolute Gasteiger partial charge is 0.0570 e. The normalized spacial score (nSPS) is 13.7. The molecule has 2 heteroatoms. The van der Waals surface area contributed by atoms with Crippen LogP contribution in [0.4, 0.5) is 0 Å². The highest BCUT2D eigenvalue weighted by atomic mass is 32.2. The van der Waals surface area contributed by atoms with Crippen molar-refractivity contribution in [2.24, 2.45) is 0 Å². The molecule has 0 aliphatic rings. The van der Waals surface area contributed by atoms with Crippen molar-refractivity contribution in [2.75, 3.05) is 5.75 Å². The van der Waals surface area contributed by atoms with Gasteiger partial charge < -0.3 is 0 Å². The molecular weight excluding hydrogens is 228 g/mol. The third-order valence-corrected chi connectivity index (χ3v) is 4.29. The Balaban J connectivity index is 2.61. The number of rotatable bonds is 6. The molecule has 17 heavy (non-hydrogen) atoms. The summed E-state index contributed by atoms with van der Waals surface area (Å²) in [4.78, 5) is 0.937. The van der Waals surface area contributed by atoms with Gasteiger partial charge in [0.15, 0.2) is 0 Å². The number of hydrogen-bond acceptors (Lipinski definition) is 1. The van der Waals surface area contributed by atoms with E-state index in [2.05, 4.69) is 13.0 Å². The summed E-state index contributed by atoms with van der Waals surface area (Å²) >= 11 is 0. The molecular formula is C15H22OS.